The molecule has 0 saturated carbocycles. The van der Waals surface area contributed by atoms with Crippen LogP contribution in [0, 0.1) is 0 Å². The van der Waals surface area contributed by atoms with Crippen molar-refractivity contribution in [1.82, 2.24) is 10.6 Å². The Labute approximate surface area is 156 Å². The molecule has 1 aromatic rings. The number of carbonyl (C=O) groups excluding carboxylic acids is 2. The lowest BCUT2D eigenvalue weighted by atomic mass is 10.2. The van der Waals surface area contributed by atoms with E-state index < -0.39 is 24.5 Å². The van der Waals surface area contributed by atoms with Crippen molar-refractivity contribution in [3.63, 3.8) is 0 Å². The van der Waals surface area contributed by atoms with Gasteiger partial charge in [0.2, 0.25) is 11.8 Å². The van der Waals surface area contributed by atoms with E-state index in [9.17, 15) is 14.4 Å². The molecule has 0 heterocycles. The van der Waals surface area contributed by atoms with Gasteiger partial charge in [0.25, 0.3) is 0 Å². The molecule has 1 atom stereocenters. The summed E-state index contributed by atoms with van der Waals surface area (Å²) in [6.07, 6.45) is 0.747. The van der Waals surface area contributed by atoms with Gasteiger partial charge in [-0.25, -0.2) is 0 Å². The van der Waals surface area contributed by atoms with Crippen molar-refractivity contribution in [3.05, 3.63) is 29.8 Å². The Morgan fingerprint density at radius 2 is 1.96 bits per heavy atom. The second kappa shape index (κ2) is 12.2. The lowest BCUT2D eigenvalue weighted by Crippen LogP contribution is -2.49. The smallest absolute Gasteiger partial charge is 0.322 e. The van der Waals surface area contributed by atoms with Crippen molar-refractivity contribution in [1.29, 1.82) is 0 Å². The third-order valence-electron chi connectivity index (χ3n) is 3.39. The molecule has 5 N–H and O–H groups in total. The van der Waals surface area contributed by atoms with Crippen molar-refractivity contribution >= 4 is 29.5 Å². The number of carboxylic acids is 1. The molecule has 26 heavy (non-hydrogen) atoms. The molecule has 2 amide bonds. The maximum absolute atomic E-state index is 12.1. The predicted molar refractivity (Wildman–Crippen MR) is 100 cm³/mol. The fourth-order valence-electron chi connectivity index (χ4n) is 2.01. The molecule has 0 aliphatic carbocycles. The van der Waals surface area contributed by atoms with Gasteiger partial charge < -0.3 is 26.2 Å². The van der Waals surface area contributed by atoms with Crippen LogP contribution in [-0.2, 0) is 20.1 Å². The van der Waals surface area contributed by atoms with Crippen molar-refractivity contribution in [2.75, 3.05) is 26.0 Å². The van der Waals surface area contributed by atoms with E-state index >= 15 is 0 Å². The normalized spacial score (nSPS) is 11.5. The molecule has 0 saturated heterocycles. The molecule has 8 nitrogen and oxygen atoms in total. The molecule has 144 valence electrons. The molecule has 0 aliphatic heterocycles. The van der Waals surface area contributed by atoms with Crippen LogP contribution in [0.5, 0.6) is 5.75 Å². The van der Waals surface area contributed by atoms with Crippen molar-refractivity contribution in [2.45, 2.75) is 24.6 Å². The molecule has 1 rings (SSSR count). The number of amides is 2. The number of benzene rings is 1. The molecule has 0 bridgehead atoms. The van der Waals surface area contributed by atoms with Gasteiger partial charge in [-0.3, -0.25) is 14.4 Å². The molecule has 0 unspecified atom stereocenters. The van der Waals surface area contributed by atoms with Gasteiger partial charge in [-0.15, -0.1) is 0 Å². The molecule has 0 radical (unpaired) electrons. The number of methoxy groups -OCH3 is 1. The third-order valence-corrected chi connectivity index (χ3v) is 4.49. The topological polar surface area (TPSA) is 131 Å². The Morgan fingerprint density at radius 1 is 1.27 bits per heavy atom. The zero-order chi connectivity index (χ0) is 19.4. The minimum atomic E-state index is -1.14. The Kier molecular flexibility index (Phi) is 10.2. The number of hydrogen-bond donors (Lipinski definition) is 4. The summed E-state index contributed by atoms with van der Waals surface area (Å²) in [6, 6.07) is 6.74. The van der Waals surface area contributed by atoms with Crippen LogP contribution in [0.3, 0.4) is 0 Å². The summed E-state index contributed by atoms with van der Waals surface area (Å²) in [5.74, 6) is -0.210. The molecule has 0 aromatic heterocycles. The van der Waals surface area contributed by atoms with Crippen LogP contribution in [0.25, 0.3) is 0 Å². The average Bonchev–Trinajstić information content (AvgIpc) is 2.64. The van der Waals surface area contributed by atoms with E-state index in [2.05, 4.69) is 10.6 Å². The van der Waals surface area contributed by atoms with Gasteiger partial charge in [0, 0.05) is 17.9 Å². The van der Waals surface area contributed by atoms with Gasteiger partial charge in [0.05, 0.1) is 7.11 Å². The Morgan fingerprint density at radius 3 is 2.54 bits per heavy atom. The van der Waals surface area contributed by atoms with Crippen molar-refractivity contribution in [2.24, 2.45) is 5.73 Å². The number of hydrogen-bond acceptors (Lipinski definition) is 6. The van der Waals surface area contributed by atoms with Gasteiger partial charge >= 0.3 is 5.97 Å². The van der Waals surface area contributed by atoms with Crippen LogP contribution in [-0.4, -0.2) is 54.9 Å². The fourth-order valence-corrected chi connectivity index (χ4v) is 3.03. The Bertz CT molecular complexity index is 595. The summed E-state index contributed by atoms with van der Waals surface area (Å²) in [6.45, 7) is -0.104. The number of carbonyl (C=O) groups is 3. The van der Waals surface area contributed by atoms with E-state index in [1.54, 1.807) is 7.11 Å². The largest absolute Gasteiger partial charge is 0.497 e. The highest BCUT2D eigenvalue weighted by Crippen LogP contribution is 2.17. The van der Waals surface area contributed by atoms with E-state index in [0.29, 0.717) is 24.5 Å². The quantitative estimate of drug-likeness (QED) is 0.410. The monoisotopic (exact) mass is 383 g/mol. The SMILES string of the molecule is COc1ccc(CSC[C@H](NC(=O)CCCN)C(=O)NCC(=O)O)cc1. The van der Waals surface area contributed by atoms with Crippen LogP contribution in [0.4, 0.5) is 0 Å². The summed E-state index contributed by atoms with van der Waals surface area (Å²) in [5, 5.41) is 13.6. The zero-order valence-electron chi connectivity index (χ0n) is 14.7. The fraction of sp³-hybridized carbons (Fsp3) is 0.471. The second-order valence-corrected chi connectivity index (χ2v) is 6.52. The van der Waals surface area contributed by atoms with Gasteiger partial charge in [-0.1, -0.05) is 12.1 Å². The van der Waals surface area contributed by atoms with E-state index in [1.807, 2.05) is 24.3 Å². The molecule has 0 spiro atoms. The highest BCUT2D eigenvalue weighted by atomic mass is 32.2. The van der Waals surface area contributed by atoms with Crippen molar-refractivity contribution < 1.29 is 24.2 Å². The van der Waals surface area contributed by atoms with Crippen LogP contribution in [0.15, 0.2) is 24.3 Å². The first-order valence-corrected chi connectivity index (χ1v) is 9.31. The van der Waals surface area contributed by atoms with E-state index in [1.165, 1.54) is 11.8 Å². The number of nitrogens with two attached hydrogens (primary N) is 1. The molecular formula is C17H25N3O5S. The first-order valence-electron chi connectivity index (χ1n) is 8.16. The number of thioether (sulfide) groups is 1. The minimum absolute atomic E-state index is 0.225. The van der Waals surface area contributed by atoms with Crippen LogP contribution in [0.1, 0.15) is 18.4 Å². The first-order chi connectivity index (χ1) is 12.5. The molecule has 9 heteroatoms. The number of rotatable bonds is 12. The highest BCUT2D eigenvalue weighted by Gasteiger charge is 2.21. The molecular weight excluding hydrogens is 358 g/mol. The van der Waals surface area contributed by atoms with E-state index in [0.717, 1.165) is 11.3 Å². The predicted octanol–water partition coefficient (Wildman–Crippen LogP) is 0.353. The summed E-state index contributed by atoms with van der Waals surface area (Å²) in [5.41, 5.74) is 6.43. The Balaban J connectivity index is 2.57. The standard InChI is InChI=1S/C17H25N3O5S/c1-25-13-6-4-12(5-7-13)10-26-11-14(17(24)19-9-16(22)23)20-15(21)3-2-8-18/h4-7,14H,2-3,8-11,18H2,1H3,(H,19,24)(H,20,21)(H,22,23)/t14-/m0/s1. The van der Waals surface area contributed by atoms with Gasteiger partial charge in [0.15, 0.2) is 0 Å². The lowest BCUT2D eigenvalue weighted by Gasteiger charge is -2.18. The van der Waals surface area contributed by atoms with Crippen LogP contribution in [0.2, 0.25) is 0 Å². The van der Waals surface area contributed by atoms with Crippen molar-refractivity contribution in [3.8, 4) is 5.75 Å². The van der Waals surface area contributed by atoms with Gasteiger partial charge in [-0.05, 0) is 30.7 Å². The number of ether oxygens (including phenoxy) is 1. The number of nitrogens with one attached hydrogen (secondary N) is 2. The summed E-state index contributed by atoms with van der Waals surface area (Å²) >= 11 is 1.47. The average molecular weight is 383 g/mol. The van der Waals surface area contributed by atoms with Gasteiger partial charge in [-0.2, -0.15) is 11.8 Å². The van der Waals surface area contributed by atoms with Gasteiger partial charge in [0.1, 0.15) is 18.3 Å². The maximum Gasteiger partial charge on any atom is 0.322 e. The molecule has 0 fully saturated rings. The van der Waals surface area contributed by atoms with Crippen LogP contribution < -0.4 is 21.1 Å². The first kappa shape index (κ1) is 21.8. The summed E-state index contributed by atoms with van der Waals surface area (Å²) in [7, 11) is 1.59. The number of carboxylic acid groups (broad SMARTS) is 1. The number of aliphatic carboxylic acids is 1. The summed E-state index contributed by atoms with van der Waals surface area (Å²) in [4.78, 5) is 34.6. The maximum atomic E-state index is 12.1. The highest BCUT2D eigenvalue weighted by molar-refractivity contribution is 7.98. The molecule has 1 aromatic carbocycles. The molecule has 0 aliphatic rings. The third kappa shape index (κ3) is 8.72. The lowest BCUT2D eigenvalue weighted by molar-refractivity contribution is -0.138. The Hall–Kier alpha value is -2.26. The summed E-state index contributed by atoms with van der Waals surface area (Å²) < 4.78 is 5.10. The minimum Gasteiger partial charge on any atom is -0.497 e. The second-order valence-electron chi connectivity index (χ2n) is 5.49. The zero-order valence-corrected chi connectivity index (χ0v) is 15.5. The van der Waals surface area contributed by atoms with Crippen LogP contribution >= 0.6 is 11.8 Å². The van der Waals surface area contributed by atoms with E-state index in [-0.39, 0.29) is 12.3 Å². The van der Waals surface area contributed by atoms with E-state index in [4.69, 9.17) is 15.6 Å².